The lowest BCUT2D eigenvalue weighted by Gasteiger charge is -2.27. The van der Waals surface area contributed by atoms with Gasteiger partial charge in [0.25, 0.3) is 5.91 Å². The summed E-state index contributed by atoms with van der Waals surface area (Å²) in [6.07, 6.45) is 1.04. The third-order valence-electron chi connectivity index (χ3n) is 5.52. The Labute approximate surface area is 166 Å². The lowest BCUT2D eigenvalue weighted by Crippen LogP contribution is -2.48. The Morgan fingerprint density at radius 2 is 1.93 bits per heavy atom. The highest BCUT2D eigenvalue weighted by atomic mass is 32.2. The second-order valence-electron chi connectivity index (χ2n) is 8.61. The zero-order valence-electron chi connectivity index (χ0n) is 16.8. The number of amides is 2. The highest BCUT2D eigenvalue weighted by molar-refractivity contribution is 7.99. The molecule has 27 heavy (non-hydrogen) atoms. The van der Waals surface area contributed by atoms with E-state index < -0.39 is 0 Å². The molecule has 2 fully saturated rings. The fraction of sp³-hybridized carbons (Fsp3) is 0.619. The normalized spacial score (nSPS) is 23.1. The Morgan fingerprint density at radius 3 is 2.56 bits per heavy atom. The van der Waals surface area contributed by atoms with Crippen LogP contribution in [0.5, 0.6) is 0 Å². The molecule has 0 spiro atoms. The van der Waals surface area contributed by atoms with Gasteiger partial charge >= 0.3 is 0 Å². The minimum atomic E-state index is -0.335. The molecular formula is C21H31N3O2S. The number of thioether (sulfide) groups is 1. The van der Waals surface area contributed by atoms with Crippen molar-refractivity contribution >= 4 is 23.6 Å². The standard InChI is InChI=1S/C21H31N3O2S/c1-21(2,3)17-7-5-16(6-8-17)19(25)24-14-27-13-18(24)20(26)23-10-9-15(12-23)11-22-4/h5-8,15,18,22H,9-14H2,1-4H3. The van der Waals surface area contributed by atoms with Crippen molar-refractivity contribution in [2.45, 2.75) is 38.6 Å². The van der Waals surface area contributed by atoms with Crippen molar-refractivity contribution in [2.24, 2.45) is 5.92 Å². The van der Waals surface area contributed by atoms with E-state index in [9.17, 15) is 9.59 Å². The summed E-state index contributed by atoms with van der Waals surface area (Å²) in [5, 5.41) is 3.20. The van der Waals surface area contributed by atoms with Gasteiger partial charge in [0.15, 0.2) is 0 Å². The number of carbonyl (C=O) groups is 2. The fourth-order valence-electron chi connectivity index (χ4n) is 3.82. The second-order valence-corrected chi connectivity index (χ2v) is 9.61. The van der Waals surface area contributed by atoms with Crippen molar-refractivity contribution in [1.29, 1.82) is 0 Å². The van der Waals surface area contributed by atoms with Crippen molar-refractivity contribution in [3.8, 4) is 0 Å². The monoisotopic (exact) mass is 389 g/mol. The van der Waals surface area contributed by atoms with Gasteiger partial charge in [-0.05, 0) is 49.0 Å². The highest BCUT2D eigenvalue weighted by Gasteiger charge is 2.39. The molecule has 2 amide bonds. The summed E-state index contributed by atoms with van der Waals surface area (Å²) in [6, 6.07) is 7.50. The van der Waals surface area contributed by atoms with Crippen LogP contribution >= 0.6 is 11.8 Å². The number of hydrogen-bond acceptors (Lipinski definition) is 4. The molecule has 2 saturated heterocycles. The lowest BCUT2D eigenvalue weighted by molar-refractivity contribution is -0.133. The van der Waals surface area contributed by atoms with Crippen molar-refractivity contribution in [1.82, 2.24) is 15.1 Å². The first-order chi connectivity index (χ1) is 12.8. The van der Waals surface area contributed by atoms with Crippen molar-refractivity contribution in [3.05, 3.63) is 35.4 Å². The molecule has 1 N–H and O–H groups in total. The van der Waals surface area contributed by atoms with E-state index in [-0.39, 0.29) is 23.3 Å². The van der Waals surface area contributed by atoms with E-state index >= 15 is 0 Å². The Hall–Kier alpha value is -1.53. The van der Waals surface area contributed by atoms with Crippen LogP contribution in [0.25, 0.3) is 0 Å². The SMILES string of the molecule is CNCC1CCN(C(=O)C2CSCN2C(=O)c2ccc(C(C)(C)C)cc2)C1. The summed E-state index contributed by atoms with van der Waals surface area (Å²) >= 11 is 1.66. The summed E-state index contributed by atoms with van der Waals surface area (Å²) in [5.74, 6) is 1.87. The van der Waals surface area contributed by atoms with Crippen LogP contribution in [0.1, 0.15) is 43.1 Å². The van der Waals surface area contributed by atoms with Crippen LogP contribution in [-0.4, -0.2) is 66.0 Å². The fourth-order valence-corrected chi connectivity index (χ4v) is 4.97. The number of carbonyl (C=O) groups excluding carboxylic acids is 2. The summed E-state index contributed by atoms with van der Waals surface area (Å²) in [4.78, 5) is 29.8. The predicted octanol–water partition coefficient (Wildman–Crippen LogP) is 2.57. The molecule has 1 aromatic rings. The number of rotatable bonds is 4. The molecule has 148 valence electrons. The van der Waals surface area contributed by atoms with E-state index in [1.54, 1.807) is 16.7 Å². The van der Waals surface area contributed by atoms with Gasteiger partial charge in [-0.25, -0.2) is 0 Å². The van der Waals surface area contributed by atoms with Crippen LogP contribution in [0.4, 0.5) is 0 Å². The lowest BCUT2D eigenvalue weighted by atomic mass is 9.86. The number of benzene rings is 1. The van der Waals surface area contributed by atoms with Gasteiger partial charge in [-0.2, -0.15) is 0 Å². The van der Waals surface area contributed by atoms with Crippen LogP contribution in [0.15, 0.2) is 24.3 Å². The van der Waals surface area contributed by atoms with Crippen LogP contribution in [0.3, 0.4) is 0 Å². The zero-order chi connectivity index (χ0) is 19.6. The molecule has 2 atom stereocenters. The Morgan fingerprint density at radius 1 is 1.22 bits per heavy atom. The molecular weight excluding hydrogens is 358 g/mol. The molecule has 0 radical (unpaired) electrons. The molecule has 0 bridgehead atoms. The molecule has 1 aromatic carbocycles. The molecule has 5 nitrogen and oxygen atoms in total. The van der Waals surface area contributed by atoms with Gasteiger partial charge in [0.2, 0.25) is 5.91 Å². The molecule has 6 heteroatoms. The van der Waals surface area contributed by atoms with Gasteiger partial charge in [-0.15, -0.1) is 11.8 Å². The van der Waals surface area contributed by atoms with E-state index in [2.05, 4.69) is 26.1 Å². The van der Waals surface area contributed by atoms with Gasteiger partial charge in [0.05, 0.1) is 5.88 Å². The predicted molar refractivity (Wildman–Crippen MR) is 111 cm³/mol. The first-order valence-corrected chi connectivity index (χ1v) is 10.9. The summed E-state index contributed by atoms with van der Waals surface area (Å²) in [7, 11) is 1.95. The van der Waals surface area contributed by atoms with Crippen molar-refractivity contribution in [3.63, 3.8) is 0 Å². The van der Waals surface area contributed by atoms with E-state index in [1.165, 1.54) is 5.56 Å². The molecule has 2 aliphatic heterocycles. The highest BCUT2D eigenvalue weighted by Crippen LogP contribution is 2.28. The molecule has 2 unspecified atom stereocenters. The van der Waals surface area contributed by atoms with Gasteiger partial charge in [0.1, 0.15) is 6.04 Å². The smallest absolute Gasteiger partial charge is 0.255 e. The van der Waals surface area contributed by atoms with Crippen LogP contribution in [-0.2, 0) is 10.2 Å². The number of likely N-dealkylation sites (tertiary alicyclic amines) is 1. The molecule has 0 aliphatic carbocycles. The molecule has 0 saturated carbocycles. The summed E-state index contributed by atoms with van der Waals surface area (Å²) in [5.41, 5.74) is 1.93. The quantitative estimate of drug-likeness (QED) is 0.860. The van der Waals surface area contributed by atoms with Crippen molar-refractivity contribution in [2.75, 3.05) is 38.3 Å². The van der Waals surface area contributed by atoms with E-state index in [0.29, 0.717) is 23.1 Å². The summed E-state index contributed by atoms with van der Waals surface area (Å²) in [6.45, 7) is 9.01. The van der Waals surface area contributed by atoms with Crippen LogP contribution in [0.2, 0.25) is 0 Å². The second kappa shape index (κ2) is 8.23. The van der Waals surface area contributed by atoms with Crippen molar-refractivity contribution < 1.29 is 9.59 Å². The minimum Gasteiger partial charge on any atom is -0.341 e. The first kappa shape index (κ1) is 20.2. The zero-order valence-corrected chi connectivity index (χ0v) is 17.6. The maximum Gasteiger partial charge on any atom is 0.255 e. The number of hydrogen-bond donors (Lipinski definition) is 1. The summed E-state index contributed by atoms with van der Waals surface area (Å²) < 4.78 is 0. The van der Waals surface area contributed by atoms with E-state index in [1.807, 2.05) is 36.2 Å². The van der Waals surface area contributed by atoms with Crippen LogP contribution in [0, 0.1) is 5.92 Å². The average Bonchev–Trinajstić information content (AvgIpc) is 3.30. The number of nitrogens with zero attached hydrogens (tertiary/aromatic N) is 2. The maximum absolute atomic E-state index is 13.0. The largest absolute Gasteiger partial charge is 0.341 e. The average molecular weight is 390 g/mol. The molecule has 2 aliphatic rings. The van der Waals surface area contributed by atoms with E-state index in [0.717, 1.165) is 26.1 Å². The third-order valence-corrected chi connectivity index (χ3v) is 6.53. The minimum absolute atomic E-state index is 0.0372. The Balaban J connectivity index is 1.68. The van der Waals surface area contributed by atoms with Gasteiger partial charge in [-0.3, -0.25) is 9.59 Å². The Kier molecular flexibility index (Phi) is 6.16. The first-order valence-electron chi connectivity index (χ1n) is 9.74. The third kappa shape index (κ3) is 4.49. The van der Waals surface area contributed by atoms with Crippen LogP contribution < -0.4 is 5.32 Å². The topological polar surface area (TPSA) is 52.7 Å². The molecule has 0 aromatic heterocycles. The van der Waals surface area contributed by atoms with Gasteiger partial charge in [0, 0.05) is 24.4 Å². The molecule has 2 heterocycles. The number of nitrogens with one attached hydrogen (secondary N) is 1. The van der Waals surface area contributed by atoms with Gasteiger partial charge in [-0.1, -0.05) is 32.9 Å². The maximum atomic E-state index is 13.0. The van der Waals surface area contributed by atoms with Gasteiger partial charge < -0.3 is 15.1 Å². The van der Waals surface area contributed by atoms with E-state index in [4.69, 9.17) is 0 Å². The Bertz CT molecular complexity index is 684. The molecule has 3 rings (SSSR count).